The van der Waals surface area contributed by atoms with Gasteiger partial charge in [0.2, 0.25) is 0 Å². The number of ketones is 1. The molecule has 0 atom stereocenters. The molecule has 0 aliphatic rings. The largest absolute Gasteiger partial charge is 0.295 e. The van der Waals surface area contributed by atoms with Crippen molar-refractivity contribution in [3.05, 3.63) is 52.2 Å². The number of carbonyl (C=O) groups excluding carboxylic acids is 1. The van der Waals surface area contributed by atoms with E-state index in [9.17, 15) is 4.79 Å². The summed E-state index contributed by atoms with van der Waals surface area (Å²) in [7, 11) is 0. The van der Waals surface area contributed by atoms with Gasteiger partial charge in [0.25, 0.3) is 0 Å². The highest BCUT2D eigenvalue weighted by Crippen LogP contribution is 2.14. The molecule has 3 heteroatoms. The minimum atomic E-state index is 0.0776. The van der Waals surface area contributed by atoms with E-state index in [2.05, 4.69) is 4.99 Å². The number of thiophene rings is 1. The maximum Gasteiger partial charge on any atom is 0.159 e. The summed E-state index contributed by atoms with van der Waals surface area (Å²) in [5, 5.41) is 2.01. The van der Waals surface area contributed by atoms with Gasteiger partial charge in [0.1, 0.15) is 0 Å². The molecular weight excluding hydrogens is 218 g/mol. The monoisotopic (exact) mass is 229 g/mol. The van der Waals surface area contributed by atoms with E-state index in [0.717, 1.165) is 16.1 Å². The molecular formula is C13H11NOS. The van der Waals surface area contributed by atoms with E-state index in [1.807, 2.05) is 35.9 Å². The fraction of sp³-hybridized carbons (Fsp3) is 0.0769. The Bertz CT molecular complexity index is 497. The number of rotatable bonds is 3. The van der Waals surface area contributed by atoms with Crippen LogP contribution in [0.3, 0.4) is 0 Å². The summed E-state index contributed by atoms with van der Waals surface area (Å²) in [5.41, 5.74) is 1.58. The van der Waals surface area contributed by atoms with E-state index in [-0.39, 0.29) is 5.78 Å². The van der Waals surface area contributed by atoms with Crippen molar-refractivity contribution in [1.29, 1.82) is 0 Å². The summed E-state index contributed by atoms with van der Waals surface area (Å²) in [4.78, 5) is 16.5. The summed E-state index contributed by atoms with van der Waals surface area (Å²) >= 11 is 1.65. The topological polar surface area (TPSA) is 29.4 Å². The lowest BCUT2D eigenvalue weighted by molar-refractivity contribution is 0.101. The van der Waals surface area contributed by atoms with E-state index in [1.165, 1.54) is 0 Å². The maximum atomic E-state index is 11.1. The molecule has 0 unspecified atom stereocenters. The van der Waals surface area contributed by atoms with Gasteiger partial charge in [0.05, 0.1) is 5.69 Å². The molecule has 2 nitrogen and oxygen atoms in total. The van der Waals surface area contributed by atoms with Crippen LogP contribution < -0.4 is 0 Å². The van der Waals surface area contributed by atoms with Crippen molar-refractivity contribution in [3.8, 4) is 0 Å². The number of Topliss-reactive ketones (excluding diaryl/α,β-unsaturated/α-hetero) is 1. The molecule has 1 heterocycles. The van der Waals surface area contributed by atoms with Crippen LogP contribution in [-0.4, -0.2) is 12.0 Å². The molecule has 2 rings (SSSR count). The van der Waals surface area contributed by atoms with Gasteiger partial charge in [-0.15, -0.1) is 11.3 Å². The zero-order chi connectivity index (χ0) is 11.4. The highest BCUT2D eigenvalue weighted by molar-refractivity contribution is 7.11. The van der Waals surface area contributed by atoms with Crippen LogP contribution in [0.15, 0.2) is 46.8 Å². The predicted octanol–water partition coefficient (Wildman–Crippen LogP) is 3.70. The van der Waals surface area contributed by atoms with Gasteiger partial charge in [-0.25, -0.2) is 0 Å². The lowest BCUT2D eigenvalue weighted by atomic mass is 10.1. The second-order valence-corrected chi connectivity index (χ2v) is 4.36. The average molecular weight is 229 g/mol. The van der Waals surface area contributed by atoms with Gasteiger partial charge in [-0.2, -0.15) is 0 Å². The third kappa shape index (κ3) is 2.64. The molecule has 0 N–H and O–H groups in total. The number of carbonyl (C=O) groups is 1. The summed E-state index contributed by atoms with van der Waals surface area (Å²) in [6, 6.07) is 11.3. The molecule has 0 saturated carbocycles. The van der Waals surface area contributed by atoms with Crippen molar-refractivity contribution in [2.45, 2.75) is 6.92 Å². The minimum Gasteiger partial charge on any atom is -0.295 e. The molecule has 1 aromatic carbocycles. The van der Waals surface area contributed by atoms with E-state index >= 15 is 0 Å². The molecule has 16 heavy (non-hydrogen) atoms. The first-order valence-corrected chi connectivity index (χ1v) is 5.82. The Hall–Kier alpha value is -1.74. The molecule has 80 valence electrons. The average Bonchev–Trinajstić information content (AvgIpc) is 2.80. The van der Waals surface area contributed by atoms with E-state index < -0.39 is 0 Å². The molecule has 2 aromatic rings. The first-order chi connectivity index (χ1) is 7.75. The van der Waals surface area contributed by atoms with Gasteiger partial charge in [-0.3, -0.25) is 9.79 Å². The fourth-order valence-corrected chi connectivity index (χ4v) is 1.87. The number of hydrogen-bond acceptors (Lipinski definition) is 3. The Morgan fingerprint density at radius 1 is 1.25 bits per heavy atom. The molecule has 0 spiro atoms. The zero-order valence-electron chi connectivity index (χ0n) is 8.88. The van der Waals surface area contributed by atoms with Crippen LogP contribution in [-0.2, 0) is 0 Å². The van der Waals surface area contributed by atoms with Gasteiger partial charge in [-0.05, 0) is 42.6 Å². The smallest absolute Gasteiger partial charge is 0.159 e. The molecule has 0 fully saturated rings. The molecule has 0 radical (unpaired) electrons. The molecule has 0 saturated heterocycles. The Kier molecular flexibility index (Phi) is 3.27. The molecule has 0 amide bonds. The molecule has 0 bridgehead atoms. The van der Waals surface area contributed by atoms with Crippen molar-refractivity contribution in [3.63, 3.8) is 0 Å². The van der Waals surface area contributed by atoms with Crippen LogP contribution in [0, 0.1) is 0 Å². The highest BCUT2D eigenvalue weighted by atomic mass is 32.1. The van der Waals surface area contributed by atoms with Crippen LogP contribution in [0.4, 0.5) is 5.69 Å². The van der Waals surface area contributed by atoms with Crippen LogP contribution in [0.2, 0.25) is 0 Å². The van der Waals surface area contributed by atoms with Crippen LogP contribution in [0.1, 0.15) is 22.2 Å². The van der Waals surface area contributed by atoms with Crippen molar-refractivity contribution < 1.29 is 4.79 Å². The third-order valence-electron chi connectivity index (χ3n) is 2.16. The Labute approximate surface area is 98.3 Å². The van der Waals surface area contributed by atoms with Crippen molar-refractivity contribution in [1.82, 2.24) is 0 Å². The number of aliphatic imine (C=N–C) groups is 1. The van der Waals surface area contributed by atoms with Gasteiger partial charge in [0, 0.05) is 16.7 Å². The van der Waals surface area contributed by atoms with Crippen molar-refractivity contribution in [2.24, 2.45) is 4.99 Å². The first kappa shape index (κ1) is 10.8. The molecule has 0 aliphatic carbocycles. The second-order valence-electron chi connectivity index (χ2n) is 3.38. The maximum absolute atomic E-state index is 11.1. The summed E-state index contributed by atoms with van der Waals surface area (Å²) < 4.78 is 0. The van der Waals surface area contributed by atoms with Crippen molar-refractivity contribution >= 4 is 29.0 Å². The number of benzene rings is 1. The third-order valence-corrected chi connectivity index (χ3v) is 2.96. The Morgan fingerprint density at radius 3 is 2.56 bits per heavy atom. The Morgan fingerprint density at radius 2 is 2.00 bits per heavy atom. The van der Waals surface area contributed by atoms with Gasteiger partial charge in [-0.1, -0.05) is 6.07 Å². The quantitative estimate of drug-likeness (QED) is 0.583. The highest BCUT2D eigenvalue weighted by Gasteiger charge is 1.97. The molecule has 1 aromatic heterocycles. The Balaban J connectivity index is 2.14. The van der Waals surface area contributed by atoms with E-state index in [0.29, 0.717) is 0 Å². The van der Waals surface area contributed by atoms with Gasteiger partial charge < -0.3 is 0 Å². The minimum absolute atomic E-state index is 0.0776. The van der Waals surface area contributed by atoms with Crippen LogP contribution in [0.25, 0.3) is 0 Å². The summed E-state index contributed by atoms with van der Waals surface area (Å²) in [6.45, 7) is 1.56. The number of hydrogen-bond donors (Lipinski definition) is 0. The normalized spacial score (nSPS) is 10.8. The van der Waals surface area contributed by atoms with Crippen LogP contribution >= 0.6 is 11.3 Å². The standard InChI is InChI=1S/C13H11NOS/c1-10(15)11-4-6-12(7-5-11)14-9-13-3-2-8-16-13/h2-9H,1H3. The lowest BCUT2D eigenvalue weighted by Crippen LogP contribution is -1.89. The van der Waals surface area contributed by atoms with Gasteiger partial charge in [0.15, 0.2) is 5.78 Å². The van der Waals surface area contributed by atoms with E-state index in [4.69, 9.17) is 0 Å². The predicted molar refractivity (Wildman–Crippen MR) is 68.0 cm³/mol. The van der Waals surface area contributed by atoms with Gasteiger partial charge >= 0.3 is 0 Å². The first-order valence-electron chi connectivity index (χ1n) is 4.94. The molecule has 0 aliphatic heterocycles. The van der Waals surface area contributed by atoms with Crippen molar-refractivity contribution in [2.75, 3.05) is 0 Å². The SMILES string of the molecule is CC(=O)c1ccc(N=Cc2cccs2)cc1. The second kappa shape index (κ2) is 4.86. The lowest BCUT2D eigenvalue weighted by Gasteiger charge is -1.95. The fourth-order valence-electron chi connectivity index (χ4n) is 1.29. The summed E-state index contributed by atoms with van der Waals surface area (Å²) in [5.74, 6) is 0.0776. The number of nitrogens with zero attached hydrogens (tertiary/aromatic N) is 1. The zero-order valence-corrected chi connectivity index (χ0v) is 9.70. The summed E-state index contributed by atoms with van der Waals surface area (Å²) in [6.07, 6.45) is 1.83. The van der Waals surface area contributed by atoms with Crippen LogP contribution in [0.5, 0.6) is 0 Å². The van der Waals surface area contributed by atoms with E-state index in [1.54, 1.807) is 30.4 Å².